The molecule has 0 rings (SSSR count). The topological polar surface area (TPSA) is 243 Å². The van der Waals surface area contributed by atoms with Gasteiger partial charge in [-0.3, -0.25) is 13.7 Å². The molecule has 11 nitrogen and oxygen atoms in total. The van der Waals surface area contributed by atoms with Gasteiger partial charge in [0.25, 0.3) is 0 Å². The first-order valence-electron chi connectivity index (χ1n) is 11.1. The summed E-state index contributed by atoms with van der Waals surface area (Å²) in [5.41, 5.74) is 0. The van der Waals surface area contributed by atoms with Crippen molar-refractivity contribution in [1.29, 1.82) is 0 Å². The normalized spacial score (nSPS) is 9.94. The second kappa shape index (κ2) is 38.2. The Morgan fingerprint density at radius 3 is 1.12 bits per heavy atom. The van der Waals surface area contributed by atoms with Crippen LogP contribution < -0.4 is 48.0 Å². The van der Waals surface area contributed by atoms with E-state index in [1.807, 2.05) is 0 Å². The molecular weight excluding hydrogens is 497 g/mol. The summed E-state index contributed by atoms with van der Waals surface area (Å²) in [5, 5.41) is 0. The largest absolute Gasteiger partial charge is 1.00 e. The molecule has 34 heavy (non-hydrogen) atoms. The molecule has 0 saturated carbocycles. The van der Waals surface area contributed by atoms with Crippen LogP contribution >= 0.6 is 0 Å². The quantitative estimate of drug-likeness (QED) is 0.0657. The summed E-state index contributed by atoms with van der Waals surface area (Å²) in [6.07, 6.45) is 19.8. The van der Waals surface area contributed by atoms with Crippen LogP contribution in [0, 0.1) is 6.92 Å². The van der Waals surface area contributed by atoms with Crippen LogP contribution in [0.25, 0.3) is 0 Å². The van der Waals surface area contributed by atoms with Gasteiger partial charge in [0.05, 0.1) is 6.61 Å². The molecule has 0 aromatic carbocycles. The third kappa shape index (κ3) is 84.7. The molecule has 0 aliphatic carbocycles. The molecule has 0 atom stereocenters. The predicted octanol–water partition coefficient (Wildman–Crippen LogP) is 3.74. The van der Waals surface area contributed by atoms with Gasteiger partial charge in [0, 0.05) is 0 Å². The average Bonchev–Trinajstić information content (AvgIpc) is 2.62. The zero-order valence-corrected chi connectivity index (χ0v) is 25.7. The maximum Gasteiger partial charge on any atom is 1.00 e. The Morgan fingerprint density at radius 2 is 0.853 bits per heavy atom. The molecule has 0 aliphatic rings. The van der Waals surface area contributed by atoms with Gasteiger partial charge in [0.1, 0.15) is 0 Å². The van der Waals surface area contributed by atoms with Crippen LogP contribution in [-0.4, -0.2) is 37.1 Å². The van der Waals surface area contributed by atoms with E-state index in [1.165, 1.54) is 77.0 Å². The van der Waals surface area contributed by atoms with Crippen molar-refractivity contribution in [3.8, 4) is 0 Å². The van der Waals surface area contributed by atoms with E-state index in [4.69, 9.17) is 22.1 Å². The molecule has 0 heterocycles. The molecule has 0 fully saturated rings. The maximum absolute atomic E-state index is 10.2. The summed E-state index contributed by atoms with van der Waals surface area (Å²) < 4.78 is 64.6. The first kappa shape index (κ1) is 51.3. The van der Waals surface area contributed by atoms with Crippen LogP contribution in [-0.2, 0) is 25.0 Å². The van der Waals surface area contributed by atoms with Crippen molar-refractivity contribution in [3.63, 3.8) is 0 Å². The third-order valence-corrected chi connectivity index (χ3v) is 4.55. The van der Waals surface area contributed by atoms with Crippen LogP contribution in [0.1, 0.15) is 117 Å². The smallest absolute Gasteiger partial charge is 0.344 e. The number of unbranched alkanes of at least 4 members (excludes halogenated alkanes) is 14. The number of rotatable bonds is 17. The van der Waals surface area contributed by atoms with Crippen molar-refractivity contribution in [1.82, 2.24) is 18.5 Å². The molecule has 0 radical (unpaired) electrons. The first-order chi connectivity index (χ1) is 14.0. The summed E-state index contributed by atoms with van der Waals surface area (Å²) in [6.45, 7) is 8.33. The molecule has 0 saturated heterocycles. The van der Waals surface area contributed by atoms with Crippen LogP contribution in [0.3, 0.4) is 0 Å². The van der Waals surface area contributed by atoms with E-state index in [9.17, 15) is 8.42 Å². The molecule has 0 aromatic rings. The minimum atomic E-state index is -4.67. The summed E-state index contributed by atoms with van der Waals surface area (Å²) in [7, 11) is -8.90. The molecule has 14 heteroatoms. The first-order valence-corrected chi connectivity index (χ1v) is 13.8. The summed E-state index contributed by atoms with van der Waals surface area (Å²) in [6, 6.07) is 0. The maximum atomic E-state index is 10.2. The Balaban J connectivity index is -0.0000000728. The fraction of sp³-hybridized carbons (Fsp3) is 0.950. The summed E-state index contributed by atoms with van der Waals surface area (Å²) in [4.78, 5) is 0. The molecular formula is C20H54N3NaO8S2. The minimum absolute atomic E-state index is 0. The Hall–Kier alpha value is 0.620. The summed E-state index contributed by atoms with van der Waals surface area (Å²) >= 11 is 0. The minimum Gasteiger partial charge on any atom is -0.344 e. The van der Waals surface area contributed by atoms with E-state index in [0.717, 1.165) is 19.3 Å². The van der Waals surface area contributed by atoms with E-state index >= 15 is 0 Å². The molecule has 0 spiro atoms. The van der Waals surface area contributed by atoms with Gasteiger partial charge in [-0.2, -0.15) is 23.3 Å². The number of hydrogen-bond donors (Lipinski definition) is 6. The Kier molecular flexibility index (Phi) is 57.6. The van der Waals surface area contributed by atoms with Crippen molar-refractivity contribution in [3.05, 3.63) is 6.92 Å². The van der Waals surface area contributed by atoms with E-state index in [0.29, 0.717) is 6.42 Å². The molecule has 0 bridgehead atoms. The van der Waals surface area contributed by atoms with E-state index in [2.05, 4.69) is 25.0 Å². The van der Waals surface area contributed by atoms with E-state index in [1.54, 1.807) is 0 Å². The van der Waals surface area contributed by atoms with Gasteiger partial charge in [0.2, 0.25) is 0 Å². The molecule has 210 valence electrons. The summed E-state index contributed by atoms with van der Waals surface area (Å²) in [5.74, 6) is 0. The monoisotopic (exact) mass is 551 g/mol. The standard InChI is InChI=1S/C12H26O4S.C8H17.3H3N.Na.H2O4S/c1-2-3-4-5-6-7-8-9-10-11-12-16-17(13,14)15;1-3-5-7-8-6-4-2;;;;;1-5(2,3)4/h2-12H2,1H3,(H,13,14,15);1,3-8H2,2H3;3*1H3;;(H2,1,2,3,4)/q;-1;;;;+1;. The van der Waals surface area contributed by atoms with Gasteiger partial charge in [0.15, 0.2) is 0 Å². The Morgan fingerprint density at radius 1 is 0.588 bits per heavy atom. The van der Waals surface area contributed by atoms with Crippen molar-refractivity contribution in [2.45, 2.75) is 117 Å². The zero-order chi connectivity index (χ0) is 23.7. The van der Waals surface area contributed by atoms with Gasteiger partial charge < -0.3 is 25.4 Å². The van der Waals surface area contributed by atoms with Crippen molar-refractivity contribution < 1.29 is 64.2 Å². The van der Waals surface area contributed by atoms with Crippen molar-refractivity contribution in [2.24, 2.45) is 0 Å². The van der Waals surface area contributed by atoms with Crippen molar-refractivity contribution in [2.75, 3.05) is 6.61 Å². The van der Waals surface area contributed by atoms with Crippen LogP contribution in [0.5, 0.6) is 0 Å². The second-order valence-electron chi connectivity index (χ2n) is 7.15. The van der Waals surface area contributed by atoms with E-state index in [-0.39, 0.29) is 54.6 Å². The fourth-order valence-corrected chi connectivity index (χ4v) is 2.86. The predicted molar refractivity (Wildman–Crippen MR) is 137 cm³/mol. The zero-order valence-electron chi connectivity index (χ0n) is 22.0. The van der Waals surface area contributed by atoms with Crippen LogP contribution in [0.15, 0.2) is 0 Å². The molecule has 12 N–H and O–H groups in total. The Labute approximate surface area is 232 Å². The molecule has 0 aromatic heterocycles. The van der Waals surface area contributed by atoms with Crippen molar-refractivity contribution >= 4 is 20.8 Å². The fourth-order valence-electron chi connectivity index (χ4n) is 2.53. The number of hydrogen-bond acceptors (Lipinski definition) is 8. The second-order valence-corrected chi connectivity index (χ2v) is 9.13. The average molecular weight is 552 g/mol. The van der Waals surface area contributed by atoms with Gasteiger partial charge in [-0.25, -0.2) is 4.18 Å². The van der Waals surface area contributed by atoms with Gasteiger partial charge >= 0.3 is 50.4 Å². The SMILES string of the molecule is CCCCCCCCCCCCOS(=O)(=O)O.N.N.N.O=S(=O)(O)O.[CH2-]CCCCCCC.[Na+]. The molecule has 0 amide bonds. The van der Waals surface area contributed by atoms with Crippen LogP contribution in [0.4, 0.5) is 0 Å². The molecule has 0 aliphatic heterocycles. The molecule has 0 unspecified atom stereocenters. The van der Waals surface area contributed by atoms with Gasteiger partial charge in [-0.15, -0.1) is 0 Å². The third-order valence-electron chi connectivity index (χ3n) is 4.08. The van der Waals surface area contributed by atoms with Gasteiger partial charge in [-0.1, -0.05) is 104 Å². The van der Waals surface area contributed by atoms with Gasteiger partial charge in [-0.05, 0) is 6.42 Å². The Bertz CT molecular complexity index is 526. The van der Waals surface area contributed by atoms with E-state index < -0.39 is 20.8 Å². The van der Waals surface area contributed by atoms with Crippen LogP contribution in [0.2, 0.25) is 0 Å².